The van der Waals surface area contributed by atoms with Crippen LogP contribution in [0.25, 0.3) is 20.9 Å². The lowest BCUT2D eigenvalue weighted by atomic mass is 10.1. The summed E-state index contributed by atoms with van der Waals surface area (Å²) >= 11 is 1.42. The minimum absolute atomic E-state index is 0.0395. The van der Waals surface area contributed by atoms with Crippen molar-refractivity contribution in [2.75, 3.05) is 6.61 Å². The van der Waals surface area contributed by atoms with E-state index in [2.05, 4.69) is 31.7 Å². The van der Waals surface area contributed by atoms with Crippen LogP contribution in [-0.4, -0.2) is 37.9 Å². The molecule has 0 N–H and O–H groups in total. The number of ether oxygens (including phenoxy) is 1. The van der Waals surface area contributed by atoms with Crippen molar-refractivity contribution in [3.8, 4) is 10.7 Å². The average Bonchev–Trinajstić information content (AvgIpc) is 3.47. The monoisotopic (exact) mass is 496 g/mol. The lowest BCUT2D eigenvalue weighted by molar-refractivity contribution is 0.0469. The molecule has 0 unspecified atom stereocenters. The summed E-state index contributed by atoms with van der Waals surface area (Å²) in [4.78, 5) is 38.9. The molecule has 0 saturated heterocycles. The Hall–Kier alpha value is -4.17. The maximum absolute atomic E-state index is 13.0. The van der Waals surface area contributed by atoms with Gasteiger partial charge in [-0.1, -0.05) is 42.5 Å². The molecular weight excluding hydrogens is 472 g/mol. The topological polar surface area (TPSA) is 87.0 Å². The molecule has 0 saturated carbocycles. The van der Waals surface area contributed by atoms with E-state index < -0.39 is 5.97 Å². The number of Topliss-reactive ketones (excluding diaryl/α,β-unsaturated/α-hetero) is 1. The van der Waals surface area contributed by atoms with Gasteiger partial charge >= 0.3 is 5.97 Å². The SMILES string of the molecule is Cc1cc(C(=O)COC(=O)c2nccnc2-c2nc3ccccc3s2)c(C)n1CCc1ccccc1. The summed E-state index contributed by atoms with van der Waals surface area (Å²) in [6.07, 6.45) is 3.80. The number of thiazole rings is 1. The molecule has 7 nitrogen and oxygen atoms in total. The summed E-state index contributed by atoms with van der Waals surface area (Å²) < 4.78 is 8.49. The molecule has 5 rings (SSSR count). The Bertz CT molecular complexity index is 1520. The van der Waals surface area contributed by atoms with E-state index in [4.69, 9.17) is 4.74 Å². The van der Waals surface area contributed by atoms with Crippen LogP contribution in [0.1, 0.15) is 37.8 Å². The van der Waals surface area contributed by atoms with Crippen molar-refractivity contribution in [1.82, 2.24) is 19.5 Å². The minimum Gasteiger partial charge on any atom is -0.452 e. The Morgan fingerprint density at radius 1 is 0.972 bits per heavy atom. The lowest BCUT2D eigenvalue weighted by Crippen LogP contribution is -2.17. The van der Waals surface area contributed by atoms with Crippen LogP contribution in [0.2, 0.25) is 0 Å². The molecule has 0 aliphatic carbocycles. The fourth-order valence-corrected chi connectivity index (χ4v) is 5.17. The molecule has 0 radical (unpaired) electrons. The Labute approximate surface area is 212 Å². The van der Waals surface area contributed by atoms with Crippen molar-refractivity contribution in [3.05, 3.63) is 101 Å². The maximum atomic E-state index is 13.0. The van der Waals surface area contributed by atoms with E-state index in [0.717, 1.165) is 34.6 Å². The van der Waals surface area contributed by atoms with Gasteiger partial charge in [-0.3, -0.25) is 4.79 Å². The molecule has 0 fully saturated rings. The molecule has 0 aliphatic rings. The Morgan fingerprint density at radius 2 is 1.72 bits per heavy atom. The molecule has 0 spiro atoms. The molecule has 0 atom stereocenters. The average molecular weight is 497 g/mol. The second kappa shape index (κ2) is 10.2. The Morgan fingerprint density at radius 3 is 2.53 bits per heavy atom. The number of aryl methyl sites for hydroxylation is 2. The third-order valence-electron chi connectivity index (χ3n) is 6.06. The zero-order chi connectivity index (χ0) is 25.1. The normalized spacial score (nSPS) is 11.1. The van der Waals surface area contributed by atoms with Gasteiger partial charge in [-0.15, -0.1) is 11.3 Å². The molecule has 8 heteroatoms. The number of fused-ring (bicyclic) bond motifs is 1. The zero-order valence-corrected chi connectivity index (χ0v) is 20.8. The standard InChI is InChI=1S/C28H24N4O3S/c1-18-16-21(19(2)32(18)15-12-20-8-4-3-5-9-20)23(33)17-35-28(34)26-25(29-13-14-30-26)27-31-22-10-6-7-11-24(22)36-27/h3-11,13-14,16H,12,15,17H2,1-2H3. The predicted octanol–water partition coefficient (Wildman–Crippen LogP) is 5.45. The van der Waals surface area contributed by atoms with Gasteiger partial charge in [0.25, 0.3) is 0 Å². The number of carbonyl (C=O) groups is 2. The molecule has 3 aromatic heterocycles. The number of rotatable bonds is 8. The van der Waals surface area contributed by atoms with E-state index in [0.29, 0.717) is 16.3 Å². The van der Waals surface area contributed by atoms with Gasteiger partial charge in [0.05, 0.1) is 10.2 Å². The van der Waals surface area contributed by atoms with Gasteiger partial charge in [-0.05, 0) is 44.0 Å². The van der Waals surface area contributed by atoms with E-state index in [1.54, 1.807) is 0 Å². The highest BCUT2D eigenvalue weighted by molar-refractivity contribution is 7.21. The summed E-state index contributed by atoms with van der Waals surface area (Å²) in [5, 5.41) is 0.574. The first kappa shape index (κ1) is 23.6. The fraction of sp³-hybridized carbons (Fsp3) is 0.179. The summed E-state index contributed by atoms with van der Waals surface area (Å²) in [6.45, 7) is 4.28. The van der Waals surface area contributed by atoms with Gasteiger partial charge in [-0.2, -0.15) is 0 Å². The van der Waals surface area contributed by atoms with Crippen LogP contribution in [0.3, 0.4) is 0 Å². The first-order valence-corrected chi connectivity index (χ1v) is 12.4. The van der Waals surface area contributed by atoms with Crippen LogP contribution in [0.4, 0.5) is 0 Å². The minimum atomic E-state index is -0.705. The van der Waals surface area contributed by atoms with Crippen LogP contribution in [0.5, 0.6) is 0 Å². The number of nitrogens with zero attached hydrogens (tertiary/aromatic N) is 4. The zero-order valence-electron chi connectivity index (χ0n) is 20.0. The van der Waals surface area contributed by atoms with Crippen LogP contribution in [0.15, 0.2) is 73.1 Å². The van der Waals surface area contributed by atoms with Crippen LogP contribution in [0, 0.1) is 13.8 Å². The van der Waals surface area contributed by atoms with E-state index in [-0.39, 0.29) is 18.1 Å². The van der Waals surface area contributed by atoms with Gasteiger partial charge in [0.2, 0.25) is 5.78 Å². The highest BCUT2D eigenvalue weighted by Gasteiger charge is 2.22. The Kier molecular flexibility index (Phi) is 6.69. The largest absolute Gasteiger partial charge is 0.452 e. The number of benzene rings is 2. The molecular formula is C28H24N4O3S. The summed E-state index contributed by atoms with van der Waals surface area (Å²) in [5.41, 5.74) is 4.84. The van der Waals surface area contributed by atoms with Gasteiger partial charge in [0.1, 0.15) is 10.7 Å². The highest BCUT2D eigenvalue weighted by atomic mass is 32.1. The second-order valence-electron chi connectivity index (χ2n) is 8.41. The van der Waals surface area contributed by atoms with Crippen molar-refractivity contribution < 1.29 is 14.3 Å². The van der Waals surface area contributed by atoms with E-state index >= 15 is 0 Å². The molecule has 0 amide bonds. The maximum Gasteiger partial charge on any atom is 0.359 e. The first-order valence-electron chi connectivity index (χ1n) is 11.6. The number of para-hydroxylation sites is 1. The van der Waals surface area contributed by atoms with Crippen molar-refractivity contribution in [1.29, 1.82) is 0 Å². The van der Waals surface area contributed by atoms with Gasteiger partial charge in [0.15, 0.2) is 12.3 Å². The number of aromatic nitrogens is 4. The van der Waals surface area contributed by atoms with Gasteiger partial charge in [-0.25, -0.2) is 19.7 Å². The van der Waals surface area contributed by atoms with Crippen LogP contribution >= 0.6 is 11.3 Å². The first-order chi connectivity index (χ1) is 17.5. The van der Waals surface area contributed by atoms with Crippen molar-refractivity contribution in [2.24, 2.45) is 0 Å². The van der Waals surface area contributed by atoms with Gasteiger partial charge in [0, 0.05) is 35.9 Å². The van der Waals surface area contributed by atoms with E-state index in [1.807, 2.05) is 62.4 Å². The number of hydrogen-bond acceptors (Lipinski definition) is 7. The fourth-order valence-electron chi connectivity index (χ4n) is 4.21. The molecule has 180 valence electrons. The Balaban J connectivity index is 1.29. The molecule has 0 bridgehead atoms. The summed E-state index contributed by atoms with van der Waals surface area (Å²) in [5.74, 6) is -0.962. The molecule has 3 heterocycles. The third-order valence-corrected chi connectivity index (χ3v) is 7.11. The van der Waals surface area contributed by atoms with E-state index in [1.165, 1.54) is 29.3 Å². The summed E-state index contributed by atoms with van der Waals surface area (Å²) in [7, 11) is 0. The predicted molar refractivity (Wildman–Crippen MR) is 139 cm³/mol. The van der Waals surface area contributed by atoms with Crippen LogP contribution < -0.4 is 0 Å². The molecule has 2 aromatic carbocycles. The van der Waals surface area contributed by atoms with Crippen molar-refractivity contribution in [2.45, 2.75) is 26.8 Å². The second-order valence-corrected chi connectivity index (χ2v) is 9.44. The van der Waals surface area contributed by atoms with Crippen molar-refractivity contribution in [3.63, 3.8) is 0 Å². The van der Waals surface area contributed by atoms with Gasteiger partial charge < -0.3 is 9.30 Å². The number of ketones is 1. The van der Waals surface area contributed by atoms with E-state index in [9.17, 15) is 9.59 Å². The van der Waals surface area contributed by atoms with Crippen LogP contribution in [-0.2, 0) is 17.7 Å². The molecule has 5 aromatic rings. The smallest absolute Gasteiger partial charge is 0.359 e. The summed E-state index contributed by atoms with van der Waals surface area (Å²) in [6, 6.07) is 19.8. The number of esters is 1. The lowest BCUT2D eigenvalue weighted by Gasteiger charge is -2.10. The molecule has 36 heavy (non-hydrogen) atoms. The highest BCUT2D eigenvalue weighted by Crippen LogP contribution is 2.30. The van der Waals surface area contributed by atoms with Crippen molar-refractivity contribution >= 4 is 33.3 Å². The quantitative estimate of drug-likeness (QED) is 0.210. The number of hydrogen-bond donors (Lipinski definition) is 0. The third kappa shape index (κ3) is 4.81. The number of carbonyl (C=O) groups excluding carboxylic acids is 2. The molecule has 0 aliphatic heterocycles.